The van der Waals surface area contributed by atoms with Crippen LogP contribution in [0.2, 0.25) is 0 Å². The molecule has 2 unspecified atom stereocenters. The fourth-order valence-electron chi connectivity index (χ4n) is 6.44. The van der Waals surface area contributed by atoms with Crippen LogP contribution in [0.3, 0.4) is 0 Å². The van der Waals surface area contributed by atoms with Crippen LogP contribution in [0.5, 0.6) is 5.88 Å². The van der Waals surface area contributed by atoms with Gasteiger partial charge >= 0.3 is 0 Å². The number of rotatable bonds is 9. The molecular weight excluding hydrogens is 629 g/mol. The summed E-state index contributed by atoms with van der Waals surface area (Å²) in [7, 11) is -3.42. The van der Waals surface area contributed by atoms with E-state index in [4.69, 9.17) is 4.74 Å². The number of carbonyl (C=O) groups excluding carboxylic acids is 1. The van der Waals surface area contributed by atoms with E-state index >= 15 is 0 Å². The number of hydrogen-bond acceptors (Lipinski definition) is 10. The maximum absolute atomic E-state index is 14.1. The molecular formula is C35H42N8O4S. The summed E-state index contributed by atoms with van der Waals surface area (Å²) >= 11 is 0. The second-order valence-corrected chi connectivity index (χ2v) is 14.8. The number of aryl methyl sites for hydroxylation is 3. The molecule has 2 atom stereocenters. The Morgan fingerprint density at radius 3 is 2.62 bits per heavy atom. The van der Waals surface area contributed by atoms with Gasteiger partial charge in [0.1, 0.15) is 22.8 Å². The van der Waals surface area contributed by atoms with Crippen LogP contribution in [0, 0.1) is 19.3 Å². The number of benzene rings is 2. The van der Waals surface area contributed by atoms with E-state index in [1.165, 1.54) is 6.33 Å². The number of pyridine rings is 1. The number of anilines is 1. The van der Waals surface area contributed by atoms with Crippen LogP contribution < -0.4 is 10.1 Å². The summed E-state index contributed by atoms with van der Waals surface area (Å²) in [4.78, 5) is 26.8. The molecule has 0 saturated carbocycles. The smallest absolute Gasteiger partial charge is 0.239 e. The van der Waals surface area contributed by atoms with Crippen LogP contribution in [0.1, 0.15) is 67.9 Å². The topological polar surface area (TPSA) is 151 Å². The number of aromatic nitrogens is 6. The van der Waals surface area contributed by atoms with Gasteiger partial charge < -0.3 is 10.1 Å². The third-order valence-corrected chi connectivity index (χ3v) is 11.2. The predicted molar refractivity (Wildman–Crippen MR) is 186 cm³/mol. The van der Waals surface area contributed by atoms with Crippen molar-refractivity contribution >= 4 is 33.4 Å². The molecule has 5 aromatic rings. The SMILES string of the molecule is CCC1CN(Cc2cc(C(c3ccc4c(nnn4CC)c3C)C(C)(C)C(=O)Nc3cncnc3)ccc2C)S(O)(O)c2cccnc2O1. The van der Waals surface area contributed by atoms with Crippen molar-refractivity contribution in [1.82, 2.24) is 34.3 Å². The molecule has 1 aliphatic rings. The van der Waals surface area contributed by atoms with Crippen molar-refractivity contribution in [3.8, 4) is 5.88 Å². The van der Waals surface area contributed by atoms with E-state index in [0.29, 0.717) is 25.2 Å². The van der Waals surface area contributed by atoms with E-state index < -0.39 is 22.1 Å². The molecule has 0 spiro atoms. The van der Waals surface area contributed by atoms with Gasteiger partial charge in [-0.3, -0.25) is 13.9 Å². The number of carbonyl (C=O) groups is 1. The lowest BCUT2D eigenvalue weighted by Crippen LogP contribution is -2.37. The van der Waals surface area contributed by atoms with Crippen molar-refractivity contribution in [1.29, 1.82) is 0 Å². The zero-order valence-electron chi connectivity index (χ0n) is 28.1. The molecule has 6 rings (SSSR count). The quantitative estimate of drug-likeness (QED) is 0.154. The first kappa shape index (κ1) is 33.5. The van der Waals surface area contributed by atoms with E-state index in [1.807, 2.05) is 64.4 Å². The maximum Gasteiger partial charge on any atom is 0.239 e. The largest absolute Gasteiger partial charge is 0.472 e. The Balaban J connectivity index is 1.45. The lowest BCUT2D eigenvalue weighted by Gasteiger charge is -2.42. The number of ether oxygens (including phenoxy) is 1. The lowest BCUT2D eigenvalue weighted by molar-refractivity contribution is -0.124. The highest BCUT2D eigenvalue weighted by atomic mass is 32.3. The van der Waals surface area contributed by atoms with Crippen LogP contribution in [0.15, 0.2) is 72.3 Å². The minimum absolute atomic E-state index is 0.199. The van der Waals surface area contributed by atoms with Crippen LogP contribution in [0.4, 0.5) is 5.69 Å². The first-order chi connectivity index (χ1) is 22.9. The van der Waals surface area contributed by atoms with Gasteiger partial charge in [0.05, 0.1) is 35.6 Å². The highest BCUT2D eigenvalue weighted by molar-refractivity contribution is 8.22. The Morgan fingerprint density at radius 2 is 1.90 bits per heavy atom. The molecule has 0 aliphatic carbocycles. The molecule has 0 fully saturated rings. The average Bonchev–Trinajstić information content (AvgIpc) is 3.46. The highest BCUT2D eigenvalue weighted by Gasteiger charge is 2.41. The molecule has 2 aromatic carbocycles. The van der Waals surface area contributed by atoms with Crippen molar-refractivity contribution in [2.75, 3.05) is 11.9 Å². The minimum atomic E-state index is -3.42. The van der Waals surface area contributed by atoms with Gasteiger partial charge in [-0.1, -0.05) is 50.3 Å². The van der Waals surface area contributed by atoms with Gasteiger partial charge in [-0.05, 0) is 73.2 Å². The number of nitrogens with one attached hydrogen (secondary N) is 1. The third kappa shape index (κ3) is 6.14. The predicted octanol–water partition coefficient (Wildman–Crippen LogP) is 6.75. The van der Waals surface area contributed by atoms with Gasteiger partial charge in [-0.15, -0.1) is 15.9 Å². The first-order valence-electron chi connectivity index (χ1n) is 16.1. The summed E-state index contributed by atoms with van der Waals surface area (Å²) in [6, 6.07) is 13.6. The van der Waals surface area contributed by atoms with E-state index in [2.05, 4.69) is 42.7 Å². The van der Waals surface area contributed by atoms with Gasteiger partial charge in [-0.2, -0.15) is 4.31 Å². The zero-order valence-corrected chi connectivity index (χ0v) is 28.9. The summed E-state index contributed by atoms with van der Waals surface area (Å²) in [6.45, 7) is 13.2. The normalized spacial score (nSPS) is 17.6. The molecule has 0 saturated heterocycles. The van der Waals surface area contributed by atoms with Crippen LogP contribution >= 0.6 is 10.8 Å². The lowest BCUT2D eigenvalue weighted by atomic mass is 9.69. The number of amides is 1. The van der Waals surface area contributed by atoms with Gasteiger partial charge in [0, 0.05) is 25.2 Å². The fraction of sp³-hybridized carbons (Fsp3) is 0.371. The van der Waals surface area contributed by atoms with Crippen molar-refractivity contribution in [2.45, 2.75) is 78.0 Å². The van der Waals surface area contributed by atoms with E-state index in [0.717, 1.165) is 38.9 Å². The van der Waals surface area contributed by atoms with Gasteiger partial charge in [0.2, 0.25) is 11.8 Å². The van der Waals surface area contributed by atoms with Crippen LogP contribution in [-0.2, 0) is 17.9 Å². The molecule has 4 heterocycles. The number of hydrogen-bond donors (Lipinski definition) is 3. The fourth-order valence-corrected chi connectivity index (χ4v) is 8.01. The summed E-state index contributed by atoms with van der Waals surface area (Å²) in [5, 5.41) is 11.9. The van der Waals surface area contributed by atoms with E-state index in [1.54, 1.807) is 35.0 Å². The summed E-state index contributed by atoms with van der Waals surface area (Å²) in [5.41, 5.74) is 5.93. The second-order valence-electron chi connectivity index (χ2n) is 12.8. The monoisotopic (exact) mass is 670 g/mol. The number of nitrogens with zero attached hydrogens (tertiary/aromatic N) is 7. The van der Waals surface area contributed by atoms with E-state index in [9.17, 15) is 13.9 Å². The highest BCUT2D eigenvalue weighted by Crippen LogP contribution is 2.57. The molecule has 3 N–H and O–H groups in total. The Kier molecular flexibility index (Phi) is 9.22. The van der Waals surface area contributed by atoms with Gasteiger partial charge in [-0.25, -0.2) is 19.6 Å². The zero-order chi connectivity index (χ0) is 34.2. The standard InChI is InChI=1S/C35H42N8O4S/c1-7-27-20-42(48(45,46)30-10-9-15-38-33(30)47-27)19-25-16-24(12-11-22(25)3)31(35(5,6)34(44)39-26-17-36-21-37-18-26)28-13-14-29-32(23(28)4)40-41-43(29)8-2/h9-18,21,27,31,45-46H,7-8,19-20H2,1-6H3,(H,39,44). The Hall–Kier alpha value is -4.43. The molecule has 252 valence electrons. The number of fused-ring (bicyclic) bond motifs is 2. The van der Waals surface area contributed by atoms with Crippen molar-refractivity contribution in [3.05, 3.63) is 95.2 Å². The minimum Gasteiger partial charge on any atom is -0.472 e. The third-order valence-electron chi connectivity index (χ3n) is 9.30. The van der Waals surface area contributed by atoms with Gasteiger partial charge in [0.25, 0.3) is 0 Å². The Morgan fingerprint density at radius 1 is 1.12 bits per heavy atom. The van der Waals surface area contributed by atoms with Crippen molar-refractivity contribution in [3.63, 3.8) is 0 Å². The summed E-state index contributed by atoms with van der Waals surface area (Å²) < 4.78 is 33.0. The Labute approximate surface area is 282 Å². The Bertz CT molecular complexity index is 1950. The molecule has 0 radical (unpaired) electrons. The summed E-state index contributed by atoms with van der Waals surface area (Å²) in [5.74, 6) is -0.367. The molecule has 1 aliphatic heterocycles. The maximum atomic E-state index is 14.1. The first-order valence-corrected chi connectivity index (χ1v) is 17.6. The summed E-state index contributed by atoms with van der Waals surface area (Å²) in [6.07, 6.45) is 6.54. The average molecular weight is 671 g/mol. The van der Waals surface area contributed by atoms with E-state index in [-0.39, 0.29) is 29.3 Å². The second kappa shape index (κ2) is 13.2. The molecule has 1 amide bonds. The van der Waals surface area contributed by atoms with Crippen LogP contribution in [0.25, 0.3) is 11.0 Å². The molecule has 13 heteroatoms. The van der Waals surface area contributed by atoms with Crippen molar-refractivity contribution < 1.29 is 18.6 Å². The molecule has 3 aromatic heterocycles. The molecule has 48 heavy (non-hydrogen) atoms. The van der Waals surface area contributed by atoms with Crippen molar-refractivity contribution in [2.24, 2.45) is 5.41 Å². The van der Waals surface area contributed by atoms with Crippen LogP contribution in [-0.4, -0.2) is 61.9 Å². The molecule has 12 nitrogen and oxygen atoms in total. The van der Waals surface area contributed by atoms with Gasteiger partial charge in [0.15, 0.2) is 0 Å². The molecule has 0 bridgehead atoms.